The van der Waals surface area contributed by atoms with Crippen LogP contribution in [-0.2, 0) is 0 Å². The quantitative estimate of drug-likeness (QED) is 0.888. The Morgan fingerprint density at radius 3 is 2.38 bits per heavy atom. The van der Waals surface area contributed by atoms with E-state index in [-0.39, 0.29) is 6.04 Å². The molecule has 0 aliphatic heterocycles. The molecule has 0 aromatic heterocycles. The molecular formula is C12H17Cl2NO. The van der Waals surface area contributed by atoms with Gasteiger partial charge in [0.15, 0.2) is 0 Å². The SMILES string of the molecule is CCOc1cc(Cl)c(C(N)C(C)C)cc1Cl. The lowest BCUT2D eigenvalue weighted by molar-refractivity contribution is 0.340. The first-order chi connectivity index (χ1) is 7.47. The zero-order valence-corrected chi connectivity index (χ0v) is 11.3. The lowest BCUT2D eigenvalue weighted by Gasteiger charge is -2.19. The Kier molecular flexibility index (Phi) is 4.90. The van der Waals surface area contributed by atoms with Crippen molar-refractivity contribution in [3.8, 4) is 5.75 Å². The van der Waals surface area contributed by atoms with Crippen molar-refractivity contribution in [3.63, 3.8) is 0 Å². The molecule has 0 radical (unpaired) electrons. The summed E-state index contributed by atoms with van der Waals surface area (Å²) in [6, 6.07) is 3.41. The van der Waals surface area contributed by atoms with E-state index in [1.807, 2.05) is 20.8 Å². The van der Waals surface area contributed by atoms with Crippen LogP contribution in [0.3, 0.4) is 0 Å². The van der Waals surface area contributed by atoms with Gasteiger partial charge in [0.2, 0.25) is 0 Å². The molecule has 0 spiro atoms. The minimum Gasteiger partial charge on any atom is -0.492 e. The topological polar surface area (TPSA) is 35.2 Å². The summed E-state index contributed by atoms with van der Waals surface area (Å²) in [7, 11) is 0. The molecular weight excluding hydrogens is 245 g/mol. The summed E-state index contributed by atoms with van der Waals surface area (Å²) in [5.41, 5.74) is 6.91. The maximum absolute atomic E-state index is 6.16. The highest BCUT2D eigenvalue weighted by Gasteiger charge is 2.16. The van der Waals surface area contributed by atoms with Crippen LogP contribution in [0.2, 0.25) is 10.0 Å². The van der Waals surface area contributed by atoms with Crippen LogP contribution in [0.25, 0.3) is 0 Å². The minimum atomic E-state index is -0.110. The normalized spacial score (nSPS) is 12.9. The molecule has 0 fully saturated rings. The summed E-state index contributed by atoms with van der Waals surface area (Å²) in [6.07, 6.45) is 0. The molecule has 0 saturated carbocycles. The molecule has 1 aromatic rings. The summed E-state index contributed by atoms with van der Waals surface area (Å²) in [4.78, 5) is 0. The van der Waals surface area contributed by atoms with Crippen molar-refractivity contribution in [1.29, 1.82) is 0 Å². The van der Waals surface area contributed by atoms with Gasteiger partial charge in [-0.15, -0.1) is 0 Å². The Hall–Kier alpha value is -0.440. The largest absolute Gasteiger partial charge is 0.492 e. The van der Waals surface area contributed by atoms with Gasteiger partial charge in [0.05, 0.1) is 11.6 Å². The lowest BCUT2D eigenvalue weighted by Crippen LogP contribution is -2.17. The number of hydrogen-bond acceptors (Lipinski definition) is 2. The van der Waals surface area contributed by atoms with Gasteiger partial charge in [0.25, 0.3) is 0 Å². The van der Waals surface area contributed by atoms with Crippen LogP contribution in [0.15, 0.2) is 12.1 Å². The molecule has 0 amide bonds. The Balaban J connectivity index is 3.10. The number of benzene rings is 1. The van der Waals surface area contributed by atoms with E-state index in [4.69, 9.17) is 33.7 Å². The van der Waals surface area contributed by atoms with E-state index in [1.165, 1.54) is 0 Å². The molecule has 1 rings (SSSR count). The van der Waals surface area contributed by atoms with Crippen molar-refractivity contribution in [1.82, 2.24) is 0 Å². The minimum absolute atomic E-state index is 0.110. The van der Waals surface area contributed by atoms with Crippen LogP contribution < -0.4 is 10.5 Å². The third kappa shape index (κ3) is 3.03. The van der Waals surface area contributed by atoms with Crippen molar-refractivity contribution < 1.29 is 4.74 Å². The number of ether oxygens (including phenoxy) is 1. The Bertz CT molecular complexity index is 366. The molecule has 0 aliphatic rings. The fraction of sp³-hybridized carbons (Fsp3) is 0.500. The molecule has 0 bridgehead atoms. The van der Waals surface area contributed by atoms with E-state index in [1.54, 1.807) is 12.1 Å². The zero-order chi connectivity index (χ0) is 12.3. The molecule has 90 valence electrons. The maximum atomic E-state index is 6.16. The molecule has 16 heavy (non-hydrogen) atoms. The summed E-state index contributed by atoms with van der Waals surface area (Å²) < 4.78 is 5.36. The van der Waals surface area contributed by atoms with Gasteiger partial charge in [0.1, 0.15) is 5.75 Å². The predicted octanol–water partition coefficient (Wildman–Crippen LogP) is 4.05. The Labute approximate surface area is 107 Å². The van der Waals surface area contributed by atoms with Crippen molar-refractivity contribution >= 4 is 23.2 Å². The highest BCUT2D eigenvalue weighted by molar-refractivity contribution is 6.34. The van der Waals surface area contributed by atoms with Crippen molar-refractivity contribution in [3.05, 3.63) is 27.7 Å². The van der Waals surface area contributed by atoms with E-state index in [0.29, 0.717) is 28.3 Å². The van der Waals surface area contributed by atoms with Gasteiger partial charge in [-0.1, -0.05) is 37.0 Å². The van der Waals surface area contributed by atoms with Crippen LogP contribution in [0.1, 0.15) is 32.4 Å². The molecule has 0 aliphatic carbocycles. The van der Waals surface area contributed by atoms with Crippen molar-refractivity contribution in [2.45, 2.75) is 26.8 Å². The predicted molar refractivity (Wildman–Crippen MR) is 69.4 cm³/mol. The van der Waals surface area contributed by atoms with Crippen LogP contribution in [-0.4, -0.2) is 6.61 Å². The van der Waals surface area contributed by atoms with Gasteiger partial charge in [-0.3, -0.25) is 0 Å². The highest BCUT2D eigenvalue weighted by Crippen LogP contribution is 2.35. The summed E-state index contributed by atoms with van der Waals surface area (Å²) in [5.74, 6) is 0.917. The maximum Gasteiger partial charge on any atom is 0.139 e. The van der Waals surface area contributed by atoms with Crippen LogP contribution in [0, 0.1) is 5.92 Å². The summed E-state index contributed by atoms with van der Waals surface area (Å²) in [5, 5.41) is 1.16. The third-order valence-corrected chi connectivity index (χ3v) is 3.05. The van der Waals surface area contributed by atoms with E-state index < -0.39 is 0 Å². The fourth-order valence-corrected chi connectivity index (χ4v) is 1.93. The number of nitrogens with two attached hydrogens (primary N) is 1. The van der Waals surface area contributed by atoms with E-state index in [0.717, 1.165) is 5.56 Å². The van der Waals surface area contributed by atoms with Crippen molar-refractivity contribution in [2.75, 3.05) is 6.61 Å². The van der Waals surface area contributed by atoms with E-state index in [9.17, 15) is 0 Å². The molecule has 1 unspecified atom stereocenters. The average molecular weight is 262 g/mol. The van der Waals surface area contributed by atoms with Gasteiger partial charge < -0.3 is 10.5 Å². The molecule has 0 heterocycles. The van der Waals surface area contributed by atoms with Gasteiger partial charge in [-0.2, -0.15) is 0 Å². The van der Waals surface area contributed by atoms with Crippen LogP contribution in [0.4, 0.5) is 0 Å². The van der Waals surface area contributed by atoms with E-state index >= 15 is 0 Å². The summed E-state index contributed by atoms with van der Waals surface area (Å²) >= 11 is 12.2. The first-order valence-corrected chi connectivity index (χ1v) is 6.10. The lowest BCUT2D eigenvalue weighted by atomic mass is 9.97. The molecule has 2 nitrogen and oxygen atoms in total. The van der Waals surface area contributed by atoms with Gasteiger partial charge in [-0.05, 0) is 24.5 Å². The molecule has 4 heteroatoms. The second kappa shape index (κ2) is 5.76. The molecule has 1 atom stereocenters. The standard InChI is InChI=1S/C12H17Cl2NO/c1-4-16-11-6-9(13)8(5-10(11)14)12(15)7(2)3/h5-7,12H,4,15H2,1-3H3. The first kappa shape index (κ1) is 13.6. The number of hydrogen-bond donors (Lipinski definition) is 1. The number of halogens is 2. The molecule has 0 saturated heterocycles. The van der Waals surface area contributed by atoms with Gasteiger partial charge >= 0.3 is 0 Å². The van der Waals surface area contributed by atoms with Crippen LogP contribution >= 0.6 is 23.2 Å². The second-order valence-corrected chi connectivity index (χ2v) is 4.82. The fourth-order valence-electron chi connectivity index (χ4n) is 1.42. The first-order valence-electron chi connectivity index (χ1n) is 5.34. The van der Waals surface area contributed by atoms with Gasteiger partial charge in [-0.25, -0.2) is 0 Å². The van der Waals surface area contributed by atoms with Gasteiger partial charge in [0, 0.05) is 17.1 Å². The number of rotatable bonds is 4. The summed E-state index contributed by atoms with van der Waals surface area (Å²) in [6.45, 7) is 6.56. The Morgan fingerprint density at radius 2 is 1.88 bits per heavy atom. The molecule has 1 aromatic carbocycles. The third-order valence-electron chi connectivity index (χ3n) is 2.43. The smallest absolute Gasteiger partial charge is 0.139 e. The zero-order valence-electron chi connectivity index (χ0n) is 9.76. The second-order valence-electron chi connectivity index (χ2n) is 4.01. The average Bonchev–Trinajstić information content (AvgIpc) is 2.22. The Morgan fingerprint density at radius 1 is 1.25 bits per heavy atom. The highest BCUT2D eigenvalue weighted by atomic mass is 35.5. The molecule has 2 N–H and O–H groups in total. The monoisotopic (exact) mass is 261 g/mol. The van der Waals surface area contributed by atoms with E-state index in [2.05, 4.69) is 0 Å². The van der Waals surface area contributed by atoms with Crippen LogP contribution in [0.5, 0.6) is 5.75 Å². The van der Waals surface area contributed by atoms with Crippen molar-refractivity contribution in [2.24, 2.45) is 11.7 Å².